The number of benzene rings is 2. The fourth-order valence-corrected chi connectivity index (χ4v) is 3.50. The topological polar surface area (TPSA) is 49.4 Å². The molecule has 0 aromatic heterocycles. The normalized spacial score (nSPS) is 20.3. The van der Waals surface area contributed by atoms with Crippen LogP contribution in [-0.4, -0.2) is 16.8 Å². The average Bonchev–Trinajstić information content (AvgIpc) is 2.79. The van der Waals surface area contributed by atoms with Crippen LogP contribution in [0.25, 0.3) is 0 Å². The Morgan fingerprint density at radius 1 is 1.12 bits per heavy atom. The Balaban J connectivity index is 1.86. The van der Waals surface area contributed by atoms with Crippen molar-refractivity contribution in [1.29, 1.82) is 0 Å². The summed E-state index contributed by atoms with van der Waals surface area (Å²) in [5, 5.41) is 2.86. The summed E-state index contributed by atoms with van der Waals surface area (Å²) in [6, 6.07) is 15.1. The standard InChI is InChI=1S/C20H21BrN2O2/c1-13(2)15-7-9-16(10-8-15)20(3)18(24)23(19(25)22-20)12-14-5-4-6-17(21)11-14/h4-11,13H,12H2,1-3H3,(H,22,25)/t20-/m1/s1. The Bertz CT molecular complexity index is 817. The molecule has 1 N–H and O–H groups in total. The van der Waals surface area contributed by atoms with E-state index in [-0.39, 0.29) is 18.5 Å². The van der Waals surface area contributed by atoms with Crippen LogP contribution in [0.5, 0.6) is 0 Å². The molecule has 1 fully saturated rings. The Kier molecular flexibility index (Phi) is 4.69. The van der Waals surface area contributed by atoms with Crippen molar-refractivity contribution in [2.45, 2.75) is 38.8 Å². The summed E-state index contributed by atoms with van der Waals surface area (Å²) in [5.74, 6) is 0.193. The van der Waals surface area contributed by atoms with E-state index in [4.69, 9.17) is 0 Å². The minimum Gasteiger partial charge on any atom is -0.319 e. The number of hydrogen-bond acceptors (Lipinski definition) is 2. The number of hydrogen-bond donors (Lipinski definition) is 1. The first-order valence-corrected chi connectivity index (χ1v) is 9.09. The van der Waals surface area contributed by atoms with E-state index in [9.17, 15) is 9.59 Å². The van der Waals surface area contributed by atoms with Crippen molar-refractivity contribution in [1.82, 2.24) is 10.2 Å². The maximum Gasteiger partial charge on any atom is 0.325 e. The lowest BCUT2D eigenvalue weighted by molar-refractivity contribution is -0.131. The van der Waals surface area contributed by atoms with Crippen LogP contribution in [0.15, 0.2) is 53.0 Å². The third-order valence-electron chi connectivity index (χ3n) is 4.66. The third-order valence-corrected chi connectivity index (χ3v) is 5.15. The molecule has 0 unspecified atom stereocenters. The van der Waals surface area contributed by atoms with Crippen LogP contribution >= 0.6 is 15.9 Å². The number of carbonyl (C=O) groups excluding carboxylic acids is 2. The van der Waals surface area contributed by atoms with E-state index in [0.29, 0.717) is 5.92 Å². The number of urea groups is 1. The lowest BCUT2D eigenvalue weighted by Gasteiger charge is -2.23. The summed E-state index contributed by atoms with van der Waals surface area (Å²) in [6.07, 6.45) is 0. The van der Waals surface area contributed by atoms with Gasteiger partial charge in [0.15, 0.2) is 0 Å². The summed E-state index contributed by atoms with van der Waals surface area (Å²) in [5.41, 5.74) is 1.87. The number of carbonyl (C=O) groups is 2. The highest BCUT2D eigenvalue weighted by Crippen LogP contribution is 2.31. The number of amides is 3. The molecule has 4 nitrogen and oxygen atoms in total. The SMILES string of the molecule is CC(C)c1ccc([C@@]2(C)NC(=O)N(Cc3cccc(Br)c3)C2=O)cc1. The van der Waals surface area contributed by atoms with Gasteiger partial charge in [0.1, 0.15) is 5.54 Å². The number of rotatable bonds is 4. The first-order valence-electron chi connectivity index (χ1n) is 8.30. The van der Waals surface area contributed by atoms with Crippen LogP contribution in [0.4, 0.5) is 4.79 Å². The number of imide groups is 1. The summed E-state index contributed by atoms with van der Waals surface area (Å²) in [7, 11) is 0. The first kappa shape index (κ1) is 17.7. The molecular formula is C20H21BrN2O2. The monoisotopic (exact) mass is 400 g/mol. The molecule has 1 aliphatic rings. The van der Waals surface area contributed by atoms with Gasteiger partial charge in [-0.05, 0) is 41.7 Å². The highest BCUT2D eigenvalue weighted by molar-refractivity contribution is 9.10. The van der Waals surface area contributed by atoms with Gasteiger partial charge in [0.2, 0.25) is 0 Å². The minimum absolute atomic E-state index is 0.227. The van der Waals surface area contributed by atoms with Crippen LogP contribution < -0.4 is 5.32 Å². The fraction of sp³-hybridized carbons (Fsp3) is 0.300. The third kappa shape index (κ3) is 3.33. The smallest absolute Gasteiger partial charge is 0.319 e. The van der Waals surface area contributed by atoms with E-state index in [0.717, 1.165) is 15.6 Å². The van der Waals surface area contributed by atoms with Crippen molar-refractivity contribution in [3.63, 3.8) is 0 Å². The van der Waals surface area contributed by atoms with E-state index >= 15 is 0 Å². The second-order valence-corrected chi connectivity index (χ2v) is 7.77. The van der Waals surface area contributed by atoms with Crippen LogP contribution in [0.2, 0.25) is 0 Å². The quantitative estimate of drug-likeness (QED) is 0.765. The Morgan fingerprint density at radius 3 is 2.40 bits per heavy atom. The van der Waals surface area contributed by atoms with E-state index in [1.165, 1.54) is 10.5 Å². The van der Waals surface area contributed by atoms with Gasteiger partial charge in [-0.15, -0.1) is 0 Å². The van der Waals surface area contributed by atoms with E-state index in [1.54, 1.807) is 6.92 Å². The van der Waals surface area contributed by atoms with Gasteiger partial charge in [0.05, 0.1) is 6.54 Å². The van der Waals surface area contributed by atoms with Crippen molar-refractivity contribution in [2.24, 2.45) is 0 Å². The van der Waals surface area contributed by atoms with Crippen LogP contribution in [0.1, 0.15) is 43.4 Å². The Labute approximate surface area is 156 Å². The molecule has 2 aromatic rings. The zero-order chi connectivity index (χ0) is 18.2. The summed E-state index contributed by atoms with van der Waals surface area (Å²) < 4.78 is 0.920. The molecule has 1 atom stereocenters. The molecule has 0 saturated carbocycles. The summed E-state index contributed by atoms with van der Waals surface area (Å²) >= 11 is 3.42. The molecule has 2 aromatic carbocycles. The fourth-order valence-electron chi connectivity index (χ4n) is 3.06. The van der Waals surface area contributed by atoms with Crippen molar-refractivity contribution < 1.29 is 9.59 Å². The van der Waals surface area contributed by atoms with Crippen molar-refractivity contribution in [2.75, 3.05) is 0 Å². The Morgan fingerprint density at radius 2 is 1.80 bits per heavy atom. The van der Waals surface area contributed by atoms with Gasteiger partial charge in [0, 0.05) is 4.47 Å². The van der Waals surface area contributed by atoms with Gasteiger partial charge in [0.25, 0.3) is 5.91 Å². The largest absolute Gasteiger partial charge is 0.325 e. The zero-order valence-corrected chi connectivity index (χ0v) is 16.1. The molecule has 3 rings (SSSR count). The lowest BCUT2D eigenvalue weighted by Crippen LogP contribution is -2.40. The second kappa shape index (κ2) is 6.64. The summed E-state index contributed by atoms with van der Waals surface area (Å²) in [4.78, 5) is 26.7. The summed E-state index contributed by atoms with van der Waals surface area (Å²) in [6.45, 7) is 6.26. The van der Waals surface area contributed by atoms with Crippen LogP contribution in [0, 0.1) is 0 Å². The predicted octanol–water partition coefficient (Wildman–Crippen LogP) is 4.54. The molecule has 1 saturated heterocycles. The highest BCUT2D eigenvalue weighted by Gasteiger charge is 2.48. The molecular weight excluding hydrogens is 380 g/mol. The molecule has 0 bridgehead atoms. The molecule has 130 valence electrons. The predicted molar refractivity (Wildman–Crippen MR) is 101 cm³/mol. The molecule has 0 aliphatic carbocycles. The Hall–Kier alpha value is -2.14. The van der Waals surface area contributed by atoms with Crippen molar-refractivity contribution >= 4 is 27.9 Å². The number of nitrogens with zero attached hydrogens (tertiary/aromatic N) is 1. The van der Waals surface area contributed by atoms with Gasteiger partial charge < -0.3 is 5.32 Å². The van der Waals surface area contributed by atoms with Gasteiger partial charge in [-0.25, -0.2) is 4.79 Å². The van der Waals surface area contributed by atoms with E-state index < -0.39 is 5.54 Å². The van der Waals surface area contributed by atoms with Gasteiger partial charge >= 0.3 is 6.03 Å². The van der Waals surface area contributed by atoms with Gasteiger partial charge in [-0.3, -0.25) is 9.69 Å². The minimum atomic E-state index is -1.03. The average molecular weight is 401 g/mol. The van der Waals surface area contributed by atoms with E-state index in [1.807, 2.05) is 48.5 Å². The highest BCUT2D eigenvalue weighted by atomic mass is 79.9. The molecule has 1 aliphatic heterocycles. The molecule has 0 spiro atoms. The first-order chi connectivity index (χ1) is 11.8. The molecule has 0 radical (unpaired) electrons. The van der Waals surface area contributed by atoms with Crippen molar-refractivity contribution in [3.05, 3.63) is 69.7 Å². The van der Waals surface area contributed by atoms with E-state index in [2.05, 4.69) is 35.1 Å². The molecule has 3 amide bonds. The van der Waals surface area contributed by atoms with Crippen molar-refractivity contribution in [3.8, 4) is 0 Å². The number of halogens is 1. The van der Waals surface area contributed by atoms with Crippen LogP contribution in [-0.2, 0) is 16.9 Å². The molecule has 25 heavy (non-hydrogen) atoms. The maximum absolute atomic E-state index is 13.0. The molecule has 1 heterocycles. The van der Waals surface area contributed by atoms with Crippen LogP contribution in [0.3, 0.4) is 0 Å². The van der Waals surface area contributed by atoms with Gasteiger partial charge in [-0.1, -0.05) is 66.2 Å². The lowest BCUT2D eigenvalue weighted by atomic mass is 9.90. The number of nitrogens with one attached hydrogen (secondary N) is 1. The van der Waals surface area contributed by atoms with Gasteiger partial charge in [-0.2, -0.15) is 0 Å². The second-order valence-electron chi connectivity index (χ2n) is 6.85. The zero-order valence-electron chi connectivity index (χ0n) is 14.5. The maximum atomic E-state index is 13.0. The molecule has 5 heteroatoms.